The van der Waals surface area contributed by atoms with Crippen molar-refractivity contribution in [3.8, 4) is 11.5 Å². The van der Waals surface area contributed by atoms with Crippen LogP contribution in [0.5, 0.6) is 11.5 Å². The van der Waals surface area contributed by atoms with Gasteiger partial charge in [0.1, 0.15) is 18.1 Å². The second kappa shape index (κ2) is 9.01. The zero-order chi connectivity index (χ0) is 21.8. The van der Waals surface area contributed by atoms with Gasteiger partial charge < -0.3 is 14.8 Å². The Labute approximate surface area is 182 Å². The largest absolute Gasteiger partial charge is 0.487 e. The van der Waals surface area contributed by atoms with Crippen LogP contribution < -0.4 is 20.3 Å². The number of rotatable bonds is 7. The van der Waals surface area contributed by atoms with E-state index in [2.05, 4.69) is 10.3 Å². The number of carbonyl (C=O) groups is 1. The number of anilines is 1. The van der Waals surface area contributed by atoms with Crippen molar-refractivity contribution in [3.63, 3.8) is 0 Å². The number of benzene rings is 2. The minimum Gasteiger partial charge on any atom is -0.487 e. The molecule has 0 aliphatic rings. The molecule has 8 heteroatoms. The zero-order valence-corrected chi connectivity index (χ0v) is 17.9. The summed E-state index contributed by atoms with van der Waals surface area (Å²) >= 11 is 1.45. The van der Waals surface area contributed by atoms with Crippen LogP contribution >= 0.6 is 11.3 Å². The third-order valence-electron chi connectivity index (χ3n) is 4.49. The van der Waals surface area contributed by atoms with E-state index in [0.717, 1.165) is 10.4 Å². The molecule has 0 saturated carbocycles. The van der Waals surface area contributed by atoms with E-state index >= 15 is 0 Å². The van der Waals surface area contributed by atoms with Crippen LogP contribution in [0.3, 0.4) is 0 Å². The Morgan fingerprint density at radius 1 is 1.10 bits per heavy atom. The molecular weight excluding hydrogens is 414 g/mol. The molecule has 0 spiro atoms. The molecule has 0 unspecified atom stereocenters. The van der Waals surface area contributed by atoms with Gasteiger partial charge >= 0.3 is 0 Å². The van der Waals surface area contributed by atoms with Gasteiger partial charge in [-0.1, -0.05) is 24.3 Å². The molecule has 0 bridgehead atoms. The highest BCUT2D eigenvalue weighted by Gasteiger charge is 2.08. The minimum absolute atomic E-state index is 0.0932. The number of hydrogen-bond acceptors (Lipinski definition) is 6. The number of ether oxygens (including phenoxy) is 2. The first-order valence-corrected chi connectivity index (χ1v) is 10.5. The van der Waals surface area contributed by atoms with Crippen molar-refractivity contribution in [2.75, 3.05) is 11.9 Å². The molecule has 2 aromatic heterocycles. The number of nitrogens with zero attached hydrogens (tertiary/aromatic N) is 2. The van der Waals surface area contributed by atoms with Crippen molar-refractivity contribution >= 4 is 27.9 Å². The van der Waals surface area contributed by atoms with Crippen LogP contribution in [-0.2, 0) is 11.4 Å². The van der Waals surface area contributed by atoms with Gasteiger partial charge in [-0.15, -0.1) is 11.3 Å². The lowest BCUT2D eigenvalue weighted by molar-refractivity contribution is -0.118. The Morgan fingerprint density at radius 2 is 1.94 bits per heavy atom. The number of aromatic nitrogens is 2. The molecular formula is C23H21N3O4S. The lowest BCUT2D eigenvalue weighted by atomic mass is 10.2. The Balaban J connectivity index is 1.36. The second-order valence-corrected chi connectivity index (χ2v) is 8.21. The number of para-hydroxylation sites is 1. The second-order valence-electron chi connectivity index (χ2n) is 7.00. The van der Waals surface area contributed by atoms with E-state index in [-0.39, 0.29) is 24.7 Å². The number of hydrogen-bond donors (Lipinski definition) is 1. The molecule has 0 fully saturated rings. The van der Waals surface area contributed by atoms with Crippen LogP contribution in [0.15, 0.2) is 65.6 Å². The molecule has 0 aliphatic heterocycles. The van der Waals surface area contributed by atoms with Crippen LogP contribution in [0.25, 0.3) is 4.96 Å². The molecule has 1 N–H and O–H groups in total. The standard InChI is InChI=1S/C23H21N3O4S/c1-15-6-3-4-9-20(15)30-14-21(27)24-17-7-5-8-19(10-17)29-13-18-11-22(28)26-12-16(2)31-23(26)25-18/h3-12H,13-14H2,1-2H3,(H,24,27). The SMILES string of the molecule is Cc1cn2c(=O)cc(COc3cccc(NC(=O)COc4ccccc4C)c3)nc2s1. The topological polar surface area (TPSA) is 81.9 Å². The van der Waals surface area contributed by atoms with Crippen LogP contribution in [0.1, 0.15) is 16.1 Å². The molecule has 0 aliphatic carbocycles. The van der Waals surface area contributed by atoms with E-state index in [9.17, 15) is 9.59 Å². The molecule has 4 aromatic rings. The highest BCUT2D eigenvalue weighted by molar-refractivity contribution is 7.16. The van der Waals surface area contributed by atoms with E-state index in [4.69, 9.17) is 9.47 Å². The fourth-order valence-corrected chi connectivity index (χ4v) is 3.86. The number of thiazole rings is 1. The molecule has 0 atom stereocenters. The Bertz CT molecular complexity index is 1300. The van der Waals surface area contributed by atoms with Crippen molar-refractivity contribution in [2.24, 2.45) is 0 Å². The summed E-state index contributed by atoms with van der Waals surface area (Å²) in [6, 6.07) is 16.0. The van der Waals surface area contributed by atoms with Crippen LogP contribution in [0, 0.1) is 13.8 Å². The van der Waals surface area contributed by atoms with E-state index < -0.39 is 0 Å². The van der Waals surface area contributed by atoms with Crippen molar-refractivity contribution in [3.05, 3.63) is 87.3 Å². The Kier molecular flexibility index (Phi) is 5.99. The van der Waals surface area contributed by atoms with Crippen molar-refractivity contribution in [1.29, 1.82) is 0 Å². The first kappa shape index (κ1) is 20.6. The lowest BCUT2D eigenvalue weighted by Gasteiger charge is -2.11. The highest BCUT2D eigenvalue weighted by atomic mass is 32.1. The number of fused-ring (bicyclic) bond motifs is 1. The average molecular weight is 436 g/mol. The Hall–Kier alpha value is -3.65. The third-order valence-corrected chi connectivity index (χ3v) is 5.39. The molecule has 0 radical (unpaired) electrons. The summed E-state index contributed by atoms with van der Waals surface area (Å²) in [5, 5.41) is 2.80. The summed E-state index contributed by atoms with van der Waals surface area (Å²) in [6.45, 7) is 3.91. The van der Waals surface area contributed by atoms with E-state index in [1.807, 2.05) is 38.1 Å². The fourth-order valence-electron chi connectivity index (χ4n) is 3.01. The molecule has 1 amide bonds. The third kappa shape index (κ3) is 5.10. The summed E-state index contributed by atoms with van der Waals surface area (Å²) in [4.78, 5) is 30.6. The van der Waals surface area contributed by atoms with E-state index in [0.29, 0.717) is 27.8 Å². The first-order valence-electron chi connectivity index (χ1n) is 9.68. The highest BCUT2D eigenvalue weighted by Crippen LogP contribution is 2.20. The van der Waals surface area contributed by atoms with E-state index in [1.165, 1.54) is 21.8 Å². The monoisotopic (exact) mass is 435 g/mol. The first-order chi connectivity index (χ1) is 15.0. The molecule has 31 heavy (non-hydrogen) atoms. The molecule has 0 saturated heterocycles. The van der Waals surface area contributed by atoms with Crippen LogP contribution in [-0.4, -0.2) is 21.9 Å². The minimum atomic E-state index is -0.270. The van der Waals surface area contributed by atoms with Crippen LogP contribution in [0.4, 0.5) is 5.69 Å². The fraction of sp³-hybridized carbons (Fsp3) is 0.174. The Morgan fingerprint density at radius 3 is 2.77 bits per heavy atom. The number of carbonyl (C=O) groups excluding carboxylic acids is 1. The van der Waals surface area contributed by atoms with Gasteiger partial charge in [0, 0.05) is 28.9 Å². The van der Waals surface area contributed by atoms with Gasteiger partial charge in [-0.05, 0) is 37.6 Å². The smallest absolute Gasteiger partial charge is 0.262 e. The quantitative estimate of drug-likeness (QED) is 0.475. The van der Waals surface area contributed by atoms with Gasteiger partial charge in [0.2, 0.25) is 0 Å². The average Bonchev–Trinajstić information content (AvgIpc) is 3.13. The predicted octanol–water partition coefficient (Wildman–Crippen LogP) is 3.97. The normalized spacial score (nSPS) is 10.8. The summed E-state index contributed by atoms with van der Waals surface area (Å²) < 4.78 is 12.9. The van der Waals surface area contributed by atoms with Gasteiger partial charge in [0.25, 0.3) is 11.5 Å². The number of amides is 1. The summed E-state index contributed by atoms with van der Waals surface area (Å²) in [6.07, 6.45) is 1.77. The van der Waals surface area contributed by atoms with Gasteiger partial charge in [0.15, 0.2) is 11.6 Å². The van der Waals surface area contributed by atoms with E-state index in [1.54, 1.807) is 30.5 Å². The maximum atomic E-state index is 12.2. The predicted molar refractivity (Wildman–Crippen MR) is 120 cm³/mol. The maximum absolute atomic E-state index is 12.2. The lowest BCUT2D eigenvalue weighted by Crippen LogP contribution is -2.20. The van der Waals surface area contributed by atoms with Crippen molar-refractivity contribution in [1.82, 2.24) is 9.38 Å². The molecule has 7 nitrogen and oxygen atoms in total. The summed E-state index contributed by atoms with van der Waals surface area (Å²) in [5.41, 5.74) is 1.97. The molecule has 2 heterocycles. The summed E-state index contributed by atoms with van der Waals surface area (Å²) in [7, 11) is 0. The maximum Gasteiger partial charge on any atom is 0.262 e. The van der Waals surface area contributed by atoms with Crippen molar-refractivity contribution < 1.29 is 14.3 Å². The summed E-state index contributed by atoms with van der Waals surface area (Å²) in [5.74, 6) is 0.964. The zero-order valence-electron chi connectivity index (χ0n) is 17.1. The van der Waals surface area contributed by atoms with Crippen molar-refractivity contribution in [2.45, 2.75) is 20.5 Å². The van der Waals surface area contributed by atoms with Crippen LogP contribution in [0.2, 0.25) is 0 Å². The van der Waals surface area contributed by atoms with Gasteiger partial charge in [-0.2, -0.15) is 0 Å². The number of aryl methyl sites for hydroxylation is 2. The molecule has 4 rings (SSSR count). The van der Waals surface area contributed by atoms with Gasteiger partial charge in [0.05, 0.1) is 5.69 Å². The molecule has 158 valence electrons. The van der Waals surface area contributed by atoms with Gasteiger partial charge in [-0.25, -0.2) is 4.98 Å². The molecule has 2 aromatic carbocycles. The number of nitrogens with one attached hydrogen (secondary N) is 1. The van der Waals surface area contributed by atoms with Gasteiger partial charge in [-0.3, -0.25) is 14.0 Å².